The van der Waals surface area contributed by atoms with Crippen LogP contribution in [0.3, 0.4) is 0 Å². The van der Waals surface area contributed by atoms with Crippen LogP contribution in [0, 0.1) is 0 Å². The first-order valence-electron chi connectivity index (χ1n) is 4.56. The quantitative estimate of drug-likeness (QED) is 0.900. The van der Waals surface area contributed by atoms with Crippen molar-refractivity contribution in [3.63, 3.8) is 0 Å². The summed E-state index contributed by atoms with van der Waals surface area (Å²) in [5, 5.41) is 3.33. The maximum Gasteiger partial charge on any atom is 0.241 e. The summed E-state index contributed by atoms with van der Waals surface area (Å²) >= 11 is 9.08. The van der Waals surface area contributed by atoms with Crippen LogP contribution in [0.4, 0.5) is 5.69 Å². The van der Waals surface area contributed by atoms with E-state index >= 15 is 0 Å². The molecule has 1 aromatic rings. The number of rotatable bonds is 3. The number of halogens is 2. The molecule has 0 radical (unpaired) electrons. The summed E-state index contributed by atoms with van der Waals surface area (Å²) in [6.45, 7) is 1.86. The lowest BCUT2D eigenvalue weighted by atomic mass is 10.2. The number of anilines is 1. The Kier molecular flexibility index (Phi) is 4.57. The van der Waals surface area contributed by atoms with Crippen molar-refractivity contribution in [2.75, 3.05) is 5.32 Å². The molecule has 0 aromatic heterocycles. The number of nitrogens with two attached hydrogens (primary N) is 1. The van der Waals surface area contributed by atoms with Gasteiger partial charge in [0.25, 0.3) is 0 Å². The number of nitrogens with one attached hydrogen (secondary N) is 1. The maximum atomic E-state index is 11.5. The van der Waals surface area contributed by atoms with Crippen LogP contribution < -0.4 is 11.1 Å². The minimum absolute atomic E-state index is 0.194. The predicted molar refractivity (Wildman–Crippen MR) is 66.0 cm³/mol. The van der Waals surface area contributed by atoms with Gasteiger partial charge >= 0.3 is 0 Å². The summed E-state index contributed by atoms with van der Waals surface area (Å²) in [5.74, 6) is -0.194. The molecule has 0 aliphatic heterocycles. The van der Waals surface area contributed by atoms with Gasteiger partial charge in [-0.2, -0.15) is 0 Å². The molecule has 1 aromatic carbocycles. The van der Waals surface area contributed by atoms with Crippen LogP contribution in [0.25, 0.3) is 0 Å². The Morgan fingerprint density at radius 1 is 1.67 bits per heavy atom. The van der Waals surface area contributed by atoms with Gasteiger partial charge in [0.15, 0.2) is 0 Å². The van der Waals surface area contributed by atoms with Crippen molar-refractivity contribution in [2.45, 2.75) is 19.4 Å². The zero-order valence-electron chi connectivity index (χ0n) is 8.26. The fourth-order valence-electron chi connectivity index (χ4n) is 1.00. The van der Waals surface area contributed by atoms with E-state index in [1.165, 1.54) is 0 Å². The molecule has 0 fully saturated rings. The number of benzene rings is 1. The van der Waals surface area contributed by atoms with Gasteiger partial charge in [0, 0.05) is 9.50 Å². The van der Waals surface area contributed by atoms with E-state index in [0.29, 0.717) is 17.1 Å². The molecule has 1 rings (SSSR count). The van der Waals surface area contributed by atoms with Crippen molar-refractivity contribution in [1.29, 1.82) is 0 Å². The van der Waals surface area contributed by atoms with Crippen molar-refractivity contribution < 1.29 is 4.79 Å². The zero-order chi connectivity index (χ0) is 11.4. The molecule has 0 spiro atoms. The highest BCUT2D eigenvalue weighted by Gasteiger charge is 2.12. The average molecular weight is 292 g/mol. The number of hydrogen-bond donors (Lipinski definition) is 2. The number of carbonyl (C=O) groups excluding carboxylic acids is 1. The highest BCUT2D eigenvalue weighted by Crippen LogP contribution is 2.25. The van der Waals surface area contributed by atoms with E-state index in [1.54, 1.807) is 18.2 Å². The highest BCUT2D eigenvalue weighted by atomic mass is 79.9. The molecule has 15 heavy (non-hydrogen) atoms. The predicted octanol–water partition coefficient (Wildman–Crippen LogP) is 2.78. The molecule has 0 heterocycles. The third kappa shape index (κ3) is 3.48. The van der Waals surface area contributed by atoms with Gasteiger partial charge < -0.3 is 11.1 Å². The van der Waals surface area contributed by atoms with Gasteiger partial charge in [-0.25, -0.2) is 0 Å². The van der Waals surface area contributed by atoms with E-state index in [1.807, 2.05) is 6.92 Å². The van der Waals surface area contributed by atoms with Crippen molar-refractivity contribution >= 4 is 39.1 Å². The van der Waals surface area contributed by atoms with Crippen molar-refractivity contribution in [3.8, 4) is 0 Å². The summed E-state index contributed by atoms with van der Waals surface area (Å²) < 4.78 is 0.742. The van der Waals surface area contributed by atoms with Gasteiger partial charge in [-0.05, 0) is 40.5 Å². The third-order valence-corrected chi connectivity index (χ3v) is 2.86. The largest absolute Gasteiger partial charge is 0.324 e. The molecule has 1 amide bonds. The summed E-state index contributed by atoms with van der Waals surface area (Å²) in [6.07, 6.45) is 0.608. The Bertz CT molecular complexity index is 370. The highest BCUT2D eigenvalue weighted by molar-refractivity contribution is 9.10. The Balaban J connectivity index is 2.77. The molecule has 0 saturated heterocycles. The van der Waals surface area contributed by atoms with Crippen LogP contribution in [-0.4, -0.2) is 11.9 Å². The van der Waals surface area contributed by atoms with Gasteiger partial charge in [0.1, 0.15) is 0 Å². The van der Waals surface area contributed by atoms with Crippen LogP contribution in [-0.2, 0) is 4.79 Å². The Hall–Kier alpha value is -0.580. The molecule has 0 unspecified atom stereocenters. The van der Waals surface area contributed by atoms with Gasteiger partial charge in [-0.3, -0.25) is 4.79 Å². The summed E-state index contributed by atoms with van der Waals surface area (Å²) in [6, 6.07) is 4.67. The molecule has 0 saturated carbocycles. The minimum atomic E-state index is -0.479. The number of amides is 1. The second-order valence-electron chi connectivity index (χ2n) is 3.13. The van der Waals surface area contributed by atoms with E-state index in [4.69, 9.17) is 17.3 Å². The Morgan fingerprint density at radius 3 is 2.87 bits per heavy atom. The zero-order valence-corrected chi connectivity index (χ0v) is 10.6. The molecule has 82 valence electrons. The van der Waals surface area contributed by atoms with E-state index < -0.39 is 6.04 Å². The molecule has 0 bridgehead atoms. The lowest BCUT2D eigenvalue weighted by Gasteiger charge is -2.11. The van der Waals surface area contributed by atoms with Crippen LogP contribution in [0.2, 0.25) is 5.02 Å². The van der Waals surface area contributed by atoms with E-state index in [9.17, 15) is 4.79 Å². The van der Waals surface area contributed by atoms with E-state index in [-0.39, 0.29) is 5.91 Å². The van der Waals surface area contributed by atoms with Crippen molar-refractivity contribution in [3.05, 3.63) is 27.7 Å². The first kappa shape index (κ1) is 12.5. The molecule has 3 nitrogen and oxygen atoms in total. The summed E-state index contributed by atoms with van der Waals surface area (Å²) in [5.41, 5.74) is 6.27. The van der Waals surface area contributed by atoms with Crippen LogP contribution in [0.15, 0.2) is 22.7 Å². The molecule has 1 atom stereocenters. The second-order valence-corrected chi connectivity index (χ2v) is 4.42. The van der Waals surface area contributed by atoms with Gasteiger partial charge in [-0.1, -0.05) is 18.5 Å². The summed E-state index contributed by atoms with van der Waals surface area (Å²) in [4.78, 5) is 11.5. The molecule has 3 N–H and O–H groups in total. The normalized spacial score (nSPS) is 12.3. The average Bonchev–Trinajstić information content (AvgIpc) is 2.20. The van der Waals surface area contributed by atoms with E-state index in [0.717, 1.165) is 4.47 Å². The van der Waals surface area contributed by atoms with Crippen LogP contribution in [0.5, 0.6) is 0 Å². The molecular formula is C10H12BrClN2O. The Labute approximate surface area is 102 Å². The maximum absolute atomic E-state index is 11.5. The Morgan fingerprint density at radius 2 is 2.33 bits per heavy atom. The lowest BCUT2D eigenvalue weighted by molar-refractivity contribution is -0.117. The second kappa shape index (κ2) is 5.49. The van der Waals surface area contributed by atoms with Gasteiger partial charge in [0.05, 0.1) is 11.7 Å². The van der Waals surface area contributed by atoms with Gasteiger partial charge in [-0.15, -0.1) is 0 Å². The molecule has 5 heteroatoms. The van der Waals surface area contributed by atoms with Crippen LogP contribution in [0.1, 0.15) is 13.3 Å². The van der Waals surface area contributed by atoms with Gasteiger partial charge in [0.2, 0.25) is 5.91 Å². The first-order valence-corrected chi connectivity index (χ1v) is 5.73. The molecule has 0 aliphatic rings. The fourth-order valence-corrected chi connectivity index (χ4v) is 1.78. The smallest absolute Gasteiger partial charge is 0.241 e. The summed E-state index contributed by atoms with van der Waals surface area (Å²) in [7, 11) is 0. The lowest BCUT2D eigenvalue weighted by Crippen LogP contribution is -2.34. The molecule has 0 aliphatic carbocycles. The van der Waals surface area contributed by atoms with Crippen molar-refractivity contribution in [1.82, 2.24) is 0 Å². The van der Waals surface area contributed by atoms with Crippen LogP contribution >= 0.6 is 27.5 Å². The topological polar surface area (TPSA) is 55.1 Å². The SMILES string of the molecule is CC[C@H](N)C(=O)Nc1ccc(Cl)cc1Br. The third-order valence-electron chi connectivity index (χ3n) is 1.97. The number of carbonyl (C=O) groups is 1. The number of hydrogen-bond acceptors (Lipinski definition) is 2. The fraction of sp³-hybridized carbons (Fsp3) is 0.300. The first-order chi connectivity index (χ1) is 7.04. The standard InChI is InChI=1S/C10H12BrClN2O/c1-2-8(13)10(15)14-9-4-3-6(12)5-7(9)11/h3-5,8H,2,13H2,1H3,(H,14,15)/t8-/m0/s1. The molecular weight excluding hydrogens is 279 g/mol. The van der Waals surface area contributed by atoms with Crippen molar-refractivity contribution in [2.24, 2.45) is 5.73 Å². The minimum Gasteiger partial charge on any atom is -0.324 e. The van der Waals surface area contributed by atoms with E-state index in [2.05, 4.69) is 21.2 Å². The monoisotopic (exact) mass is 290 g/mol.